The van der Waals surface area contributed by atoms with Crippen molar-refractivity contribution in [3.05, 3.63) is 69.7 Å². The summed E-state index contributed by atoms with van der Waals surface area (Å²) >= 11 is 3.50. The average Bonchev–Trinajstić information content (AvgIpc) is 2.92. The summed E-state index contributed by atoms with van der Waals surface area (Å²) in [7, 11) is 0. The van der Waals surface area contributed by atoms with Gasteiger partial charge in [0.15, 0.2) is 0 Å². The van der Waals surface area contributed by atoms with Gasteiger partial charge in [-0.15, -0.1) is 0 Å². The van der Waals surface area contributed by atoms with Gasteiger partial charge in [-0.25, -0.2) is 4.99 Å². The molecule has 100 valence electrons. The Kier molecular flexibility index (Phi) is 2.88. The van der Waals surface area contributed by atoms with Crippen molar-refractivity contribution in [2.24, 2.45) is 4.99 Å². The maximum atomic E-state index is 6.09. The van der Waals surface area contributed by atoms with E-state index in [1.54, 1.807) is 0 Å². The maximum absolute atomic E-state index is 6.09. The van der Waals surface area contributed by atoms with Crippen molar-refractivity contribution in [3.8, 4) is 0 Å². The zero-order valence-electron chi connectivity index (χ0n) is 10.9. The molecule has 0 saturated carbocycles. The molecule has 3 heteroatoms. The zero-order valence-corrected chi connectivity index (χ0v) is 12.5. The Labute approximate surface area is 126 Å². The molecule has 2 aromatic rings. The van der Waals surface area contributed by atoms with Gasteiger partial charge < -0.3 is 4.74 Å². The standard InChI is InChI=1S/C17H14BrNO/c18-13-6-3-5-12(10-13)17-19-16-14-7-2-1-4-11(14)8-9-15(16)20-17/h1-7,10,15-16H,8-9H2/t15-,16+/m1/s1. The third-order valence-corrected chi connectivity index (χ3v) is 4.51. The molecule has 4 rings (SSSR count). The van der Waals surface area contributed by atoms with E-state index in [1.807, 2.05) is 18.2 Å². The van der Waals surface area contributed by atoms with Crippen LogP contribution in [0.15, 0.2) is 58.0 Å². The van der Waals surface area contributed by atoms with Gasteiger partial charge in [-0.05, 0) is 42.2 Å². The van der Waals surface area contributed by atoms with E-state index in [0.717, 1.165) is 28.8 Å². The summed E-state index contributed by atoms with van der Waals surface area (Å²) < 4.78 is 7.14. The van der Waals surface area contributed by atoms with E-state index in [9.17, 15) is 0 Å². The second-order valence-corrected chi connectivity index (χ2v) is 6.20. The monoisotopic (exact) mass is 327 g/mol. The Morgan fingerprint density at radius 3 is 2.90 bits per heavy atom. The van der Waals surface area contributed by atoms with Crippen LogP contribution in [0.25, 0.3) is 0 Å². The summed E-state index contributed by atoms with van der Waals surface area (Å²) in [6.45, 7) is 0. The van der Waals surface area contributed by atoms with Gasteiger partial charge in [0.05, 0.1) is 0 Å². The van der Waals surface area contributed by atoms with Crippen molar-refractivity contribution in [2.45, 2.75) is 25.0 Å². The molecule has 1 aliphatic carbocycles. The quantitative estimate of drug-likeness (QED) is 0.766. The van der Waals surface area contributed by atoms with E-state index in [2.05, 4.69) is 46.3 Å². The summed E-state index contributed by atoms with van der Waals surface area (Å²) in [5, 5.41) is 0. The number of benzene rings is 2. The van der Waals surface area contributed by atoms with E-state index < -0.39 is 0 Å². The van der Waals surface area contributed by atoms with Gasteiger partial charge in [0.25, 0.3) is 0 Å². The van der Waals surface area contributed by atoms with Crippen LogP contribution in [0.1, 0.15) is 29.2 Å². The SMILES string of the molecule is Brc1cccc(C2=N[C@H]3c4ccccc4CC[C@H]3O2)c1. The van der Waals surface area contributed by atoms with Crippen LogP contribution in [0.5, 0.6) is 0 Å². The minimum Gasteiger partial charge on any atom is -0.471 e. The molecule has 0 amide bonds. The Balaban J connectivity index is 1.74. The molecule has 20 heavy (non-hydrogen) atoms. The summed E-state index contributed by atoms with van der Waals surface area (Å²) in [5.74, 6) is 0.776. The fraction of sp³-hybridized carbons (Fsp3) is 0.235. The van der Waals surface area contributed by atoms with Crippen molar-refractivity contribution >= 4 is 21.8 Å². The zero-order chi connectivity index (χ0) is 13.5. The van der Waals surface area contributed by atoms with Crippen LogP contribution >= 0.6 is 15.9 Å². The summed E-state index contributed by atoms with van der Waals surface area (Å²) in [5.41, 5.74) is 3.79. The van der Waals surface area contributed by atoms with Gasteiger partial charge in [-0.2, -0.15) is 0 Å². The molecule has 2 nitrogen and oxygen atoms in total. The molecule has 2 aromatic carbocycles. The third-order valence-electron chi connectivity index (χ3n) is 4.02. The first kappa shape index (κ1) is 12.2. The molecule has 0 spiro atoms. The molecule has 2 aliphatic rings. The van der Waals surface area contributed by atoms with Crippen LogP contribution in [-0.2, 0) is 11.2 Å². The fourth-order valence-electron chi connectivity index (χ4n) is 3.05. The van der Waals surface area contributed by atoms with Gasteiger partial charge in [0.2, 0.25) is 5.90 Å². The highest BCUT2D eigenvalue weighted by Crippen LogP contribution is 2.39. The Hall–Kier alpha value is -1.61. The topological polar surface area (TPSA) is 21.6 Å². The molecule has 0 N–H and O–H groups in total. The van der Waals surface area contributed by atoms with E-state index >= 15 is 0 Å². The number of nitrogens with zero attached hydrogens (tertiary/aromatic N) is 1. The van der Waals surface area contributed by atoms with Crippen LogP contribution in [0.4, 0.5) is 0 Å². The van der Waals surface area contributed by atoms with Gasteiger partial charge in [-0.3, -0.25) is 0 Å². The van der Waals surface area contributed by atoms with E-state index in [1.165, 1.54) is 11.1 Å². The number of hydrogen-bond donors (Lipinski definition) is 0. The van der Waals surface area contributed by atoms with Crippen LogP contribution in [0.2, 0.25) is 0 Å². The molecule has 1 heterocycles. The maximum Gasteiger partial charge on any atom is 0.217 e. The average molecular weight is 328 g/mol. The lowest BCUT2D eigenvalue weighted by atomic mass is 9.86. The van der Waals surface area contributed by atoms with Crippen LogP contribution in [-0.4, -0.2) is 12.0 Å². The first-order valence-electron chi connectivity index (χ1n) is 6.89. The lowest BCUT2D eigenvalue weighted by Gasteiger charge is -2.25. The highest BCUT2D eigenvalue weighted by atomic mass is 79.9. The van der Waals surface area contributed by atoms with Crippen molar-refractivity contribution in [3.63, 3.8) is 0 Å². The van der Waals surface area contributed by atoms with Crippen molar-refractivity contribution in [2.75, 3.05) is 0 Å². The molecule has 0 radical (unpaired) electrons. The Morgan fingerprint density at radius 2 is 2.00 bits per heavy atom. The van der Waals surface area contributed by atoms with Crippen molar-refractivity contribution in [1.82, 2.24) is 0 Å². The van der Waals surface area contributed by atoms with Crippen LogP contribution < -0.4 is 0 Å². The highest BCUT2D eigenvalue weighted by molar-refractivity contribution is 9.10. The number of aliphatic imine (C=N–C) groups is 1. The van der Waals surface area contributed by atoms with Crippen molar-refractivity contribution in [1.29, 1.82) is 0 Å². The number of aryl methyl sites for hydroxylation is 1. The normalized spacial score (nSPS) is 23.6. The number of fused-ring (bicyclic) bond motifs is 3. The lowest BCUT2D eigenvalue weighted by molar-refractivity contribution is 0.175. The number of rotatable bonds is 1. The minimum absolute atomic E-state index is 0.161. The molecule has 0 aromatic heterocycles. The second kappa shape index (κ2) is 4.74. The Morgan fingerprint density at radius 1 is 1.10 bits per heavy atom. The molecule has 0 bridgehead atoms. The molecular formula is C17H14BrNO. The van der Waals surface area contributed by atoms with Gasteiger partial charge in [-0.1, -0.05) is 46.3 Å². The van der Waals surface area contributed by atoms with E-state index in [-0.39, 0.29) is 12.1 Å². The first-order valence-corrected chi connectivity index (χ1v) is 7.69. The molecule has 0 saturated heterocycles. The minimum atomic E-state index is 0.161. The van der Waals surface area contributed by atoms with Crippen LogP contribution in [0.3, 0.4) is 0 Å². The lowest BCUT2D eigenvalue weighted by Crippen LogP contribution is -2.23. The summed E-state index contributed by atoms with van der Waals surface area (Å²) in [6.07, 6.45) is 2.32. The van der Waals surface area contributed by atoms with Crippen LogP contribution in [0, 0.1) is 0 Å². The number of ether oxygens (including phenoxy) is 1. The predicted molar refractivity (Wildman–Crippen MR) is 83.1 cm³/mol. The molecule has 0 fully saturated rings. The third kappa shape index (κ3) is 1.97. The van der Waals surface area contributed by atoms with Crippen molar-refractivity contribution < 1.29 is 4.74 Å². The second-order valence-electron chi connectivity index (χ2n) is 5.28. The molecular weight excluding hydrogens is 314 g/mol. The largest absolute Gasteiger partial charge is 0.471 e. The predicted octanol–water partition coefficient (Wildman–Crippen LogP) is 4.28. The van der Waals surface area contributed by atoms with Gasteiger partial charge >= 0.3 is 0 Å². The number of hydrogen-bond acceptors (Lipinski definition) is 2. The highest BCUT2D eigenvalue weighted by Gasteiger charge is 2.36. The first-order chi connectivity index (χ1) is 9.81. The fourth-order valence-corrected chi connectivity index (χ4v) is 3.45. The smallest absolute Gasteiger partial charge is 0.217 e. The summed E-state index contributed by atoms with van der Waals surface area (Å²) in [6, 6.07) is 16.9. The van der Waals surface area contributed by atoms with E-state index in [4.69, 9.17) is 9.73 Å². The number of halogens is 1. The molecule has 2 atom stereocenters. The van der Waals surface area contributed by atoms with Gasteiger partial charge in [0, 0.05) is 10.0 Å². The molecule has 1 aliphatic heterocycles. The Bertz CT molecular complexity index is 695. The van der Waals surface area contributed by atoms with E-state index in [0.29, 0.717) is 0 Å². The molecule has 0 unspecified atom stereocenters. The van der Waals surface area contributed by atoms with Gasteiger partial charge in [0.1, 0.15) is 12.1 Å². The summed E-state index contributed by atoms with van der Waals surface area (Å²) in [4.78, 5) is 4.84.